The zero-order valence-electron chi connectivity index (χ0n) is 8.83. The molecule has 0 aromatic carbocycles. The molecule has 1 rings (SSSR count). The second-order valence-electron chi connectivity index (χ2n) is 3.09. The van der Waals surface area contributed by atoms with Crippen molar-refractivity contribution in [2.24, 2.45) is 0 Å². The normalized spacial score (nSPS) is 10.6. The Hall–Kier alpha value is -1.27. The van der Waals surface area contributed by atoms with E-state index in [0.717, 1.165) is 0 Å². The van der Waals surface area contributed by atoms with Crippen LogP contribution in [0.3, 0.4) is 0 Å². The van der Waals surface area contributed by atoms with Crippen LogP contribution in [-0.4, -0.2) is 37.1 Å². The lowest BCUT2D eigenvalue weighted by atomic mass is 10.2. The van der Waals surface area contributed by atoms with Crippen molar-refractivity contribution in [2.45, 2.75) is 6.43 Å². The van der Waals surface area contributed by atoms with Crippen molar-refractivity contribution in [1.82, 2.24) is 10.3 Å². The molecule has 0 fully saturated rings. The van der Waals surface area contributed by atoms with Crippen LogP contribution in [-0.2, 0) is 4.74 Å². The average Bonchev–Trinajstić information content (AvgIpc) is 2.28. The zero-order valence-corrected chi connectivity index (χ0v) is 9.58. The number of pyridine rings is 1. The first-order chi connectivity index (χ1) is 8.09. The summed E-state index contributed by atoms with van der Waals surface area (Å²) in [7, 11) is 0. The van der Waals surface area contributed by atoms with Crippen LogP contribution in [0.4, 0.5) is 8.78 Å². The van der Waals surface area contributed by atoms with Crippen LogP contribution in [0.2, 0.25) is 5.15 Å². The van der Waals surface area contributed by atoms with E-state index in [4.69, 9.17) is 11.6 Å². The number of alkyl halides is 2. The molecular formula is C10H11ClF2N2O2. The van der Waals surface area contributed by atoms with Crippen LogP contribution in [0.25, 0.3) is 0 Å². The van der Waals surface area contributed by atoms with Crippen molar-refractivity contribution >= 4 is 17.5 Å². The topological polar surface area (TPSA) is 51.2 Å². The Balaban J connectivity index is 2.26. The highest BCUT2D eigenvalue weighted by molar-refractivity contribution is 6.29. The van der Waals surface area contributed by atoms with Gasteiger partial charge in [-0.25, -0.2) is 13.8 Å². The van der Waals surface area contributed by atoms with Crippen molar-refractivity contribution in [3.8, 4) is 0 Å². The lowest BCUT2D eigenvalue weighted by Crippen LogP contribution is -2.27. The quantitative estimate of drug-likeness (QED) is 0.629. The van der Waals surface area contributed by atoms with E-state index in [9.17, 15) is 13.6 Å². The summed E-state index contributed by atoms with van der Waals surface area (Å²) in [5.74, 6) is -0.352. The standard InChI is InChI=1S/C10H11ClF2N2O2/c11-8-5-7(1-2-14-8)10(16)15-3-4-17-6-9(12)13/h1-2,5,9H,3-4,6H2,(H,15,16). The molecule has 1 N–H and O–H groups in total. The van der Waals surface area contributed by atoms with Gasteiger partial charge in [0.25, 0.3) is 12.3 Å². The first kappa shape index (κ1) is 13.8. The number of hydrogen-bond acceptors (Lipinski definition) is 3. The van der Waals surface area contributed by atoms with Crippen LogP contribution in [0.5, 0.6) is 0 Å². The minimum atomic E-state index is -2.50. The molecule has 0 aliphatic carbocycles. The van der Waals surface area contributed by atoms with Gasteiger partial charge in [-0.1, -0.05) is 11.6 Å². The molecule has 17 heavy (non-hydrogen) atoms. The summed E-state index contributed by atoms with van der Waals surface area (Å²) in [5, 5.41) is 2.72. The summed E-state index contributed by atoms with van der Waals surface area (Å²) in [5.41, 5.74) is 0.360. The molecule has 4 nitrogen and oxygen atoms in total. The van der Waals surface area contributed by atoms with Crippen LogP contribution in [0.1, 0.15) is 10.4 Å². The van der Waals surface area contributed by atoms with E-state index < -0.39 is 13.0 Å². The fraction of sp³-hybridized carbons (Fsp3) is 0.400. The zero-order chi connectivity index (χ0) is 12.7. The Kier molecular flexibility index (Phi) is 5.79. The number of rotatable bonds is 6. The Morgan fingerprint density at radius 1 is 1.59 bits per heavy atom. The van der Waals surface area contributed by atoms with Gasteiger partial charge in [-0.3, -0.25) is 4.79 Å². The number of ether oxygens (including phenoxy) is 1. The first-order valence-electron chi connectivity index (χ1n) is 4.85. The smallest absolute Gasteiger partial charge is 0.261 e. The number of amides is 1. The number of carbonyl (C=O) groups is 1. The Labute approximate surface area is 102 Å². The van der Waals surface area contributed by atoms with Crippen LogP contribution in [0, 0.1) is 0 Å². The fourth-order valence-electron chi connectivity index (χ4n) is 1.05. The van der Waals surface area contributed by atoms with Crippen LogP contribution >= 0.6 is 11.6 Å². The molecular weight excluding hydrogens is 254 g/mol. The second-order valence-corrected chi connectivity index (χ2v) is 3.48. The monoisotopic (exact) mass is 264 g/mol. The fourth-order valence-corrected chi connectivity index (χ4v) is 1.23. The summed E-state index contributed by atoms with van der Waals surface area (Å²) < 4.78 is 28.0. The highest BCUT2D eigenvalue weighted by atomic mass is 35.5. The Morgan fingerprint density at radius 2 is 2.35 bits per heavy atom. The van der Waals surface area contributed by atoms with Crippen LogP contribution < -0.4 is 5.32 Å². The summed E-state index contributed by atoms with van der Waals surface area (Å²) in [6.45, 7) is -0.433. The minimum absolute atomic E-state index is 0.0366. The number of nitrogens with one attached hydrogen (secondary N) is 1. The molecule has 0 radical (unpaired) electrons. The molecule has 0 spiro atoms. The largest absolute Gasteiger partial charge is 0.374 e. The molecule has 1 heterocycles. The SMILES string of the molecule is O=C(NCCOCC(F)F)c1ccnc(Cl)c1. The first-order valence-corrected chi connectivity index (χ1v) is 5.23. The maximum Gasteiger partial charge on any atom is 0.261 e. The molecule has 94 valence electrons. The van der Waals surface area contributed by atoms with Gasteiger partial charge in [-0.05, 0) is 12.1 Å². The van der Waals surface area contributed by atoms with Crippen LogP contribution in [0.15, 0.2) is 18.3 Å². The highest BCUT2D eigenvalue weighted by Crippen LogP contribution is 2.06. The predicted octanol–water partition coefficient (Wildman–Crippen LogP) is 1.75. The van der Waals surface area contributed by atoms with Gasteiger partial charge in [0.1, 0.15) is 11.8 Å². The van der Waals surface area contributed by atoms with Crippen molar-refractivity contribution in [3.63, 3.8) is 0 Å². The van der Waals surface area contributed by atoms with Gasteiger partial charge >= 0.3 is 0 Å². The number of halogens is 3. The average molecular weight is 265 g/mol. The second kappa shape index (κ2) is 7.13. The van der Waals surface area contributed by atoms with Gasteiger partial charge in [0, 0.05) is 18.3 Å². The summed E-state index contributed by atoms with van der Waals surface area (Å²) in [6.07, 6.45) is -1.09. The molecule has 1 aromatic heterocycles. The number of carbonyl (C=O) groups excluding carboxylic acids is 1. The number of aromatic nitrogens is 1. The molecule has 0 saturated carbocycles. The van der Waals surface area contributed by atoms with E-state index in [2.05, 4.69) is 15.0 Å². The molecule has 1 amide bonds. The summed E-state index contributed by atoms with van der Waals surface area (Å²) in [4.78, 5) is 15.2. The lowest BCUT2D eigenvalue weighted by Gasteiger charge is -2.06. The van der Waals surface area contributed by atoms with E-state index in [1.165, 1.54) is 18.3 Å². The highest BCUT2D eigenvalue weighted by Gasteiger charge is 2.06. The van der Waals surface area contributed by atoms with Crippen molar-refractivity contribution < 1.29 is 18.3 Å². The molecule has 7 heteroatoms. The van der Waals surface area contributed by atoms with Gasteiger partial charge in [-0.2, -0.15) is 0 Å². The maximum atomic E-state index is 11.7. The van der Waals surface area contributed by atoms with Crippen molar-refractivity contribution in [2.75, 3.05) is 19.8 Å². The van der Waals surface area contributed by atoms with Crippen molar-refractivity contribution in [3.05, 3.63) is 29.0 Å². The van der Waals surface area contributed by atoms with E-state index in [1.807, 2.05) is 0 Å². The minimum Gasteiger partial charge on any atom is -0.374 e. The van der Waals surface area contributed by atoms with Crippen molar-refractivity contribution in [1.29, 1.82) is 0 Å². The summed E-state index contributed by atoms with van der Waals surface area (Å²) in [6, 6.07) is 2.91. The van der Waals surface area contributed by atoms with E-state index in [0.29, 0.717) is 5.56 Å². The van der Waals surface area contributed by atoms with Gasteiger partial charge in [0.2, 0.25) is 0 Å². The molecule has 0 bridgehead atoms. The maximum absolute atomic E-state index is 11.7. The van der Waals surface area contributed by atoms with Gasteiger partial charge < -0.3 is 10.1 Å². The molecule has 1 aromatic rings. The van der Waals surface area contributed by atoms with Gasteiger partial charge in [0.15, 0.2) is 0 Å². The third-order valence-electron chi connectivity index (χ3n) is 1.76. The lowest BCUT2D eigenvalue weighted by molar-refractivity contribution is 0.0188. The van der Waals surface area contributed by atoms with Gasteiger partial charge in [0.05, 0.1) is 6.61 Å². The third-order valence-corrected chi connectivity index (χ3v) is 1.97. The Morgan fingerprint density at radius 3 is 3.00 bits per heavy atom. The predicted molar refractivity (Wildman–Crippen MR) is 58.4 cm³/mol. The molecule has 0 atom stereocenters. The van der Waals surface area contributed by atoms with Gasteiger partial charge in [-0.15, -0.1) is 0 Å². The molecule has 0 saturated heterocycles. The number of nitrogens with zero attached hydrogens (tertiary/aromatic N) is 1. The van der Waals surface area contributed by atoms with E-state index in [1.54, 1.807) is 0 Å². The molecule has 0 aliphatic rings. The molecule has 0 aliphatic heterocycles. The number of hydrogen-bond donors (Lipinski definition) is 1. The summed E-state index contributed by atoms with van der Waals surface area (Å²) >= 11 is 5.61. The van der Waals surface area contributed by atoms with E-state index in [-0.39, 0.29) is 24.2 Å². The Bertz CT molecular complexity index is 377. The molecule has 0 unspecified atom stereocenters. The van der Waals surface area contributed by atoms with E-state index >= 15 is 0 Å². The third kappa shape index (κ3) is 5.55.